The molecule has 1 aliphatic heterocycles. The molecule has 6 nitrogen and oxygen atoms in total. The molecule has 1 amide bonds. The van der Waals surface area contributed by atoms with Crippen molar-refractivity contribution in [1.82, 2.24) is 10.2 Å². The molecule has 0 saturated carbocycles. The van der Waals surface area contributed by atoms with Gasteiger partial charge >= 0.3 is 0 Å². The fourth-order valence-corrected chi connectivity index (χ4v) is 4.51. The van der Waals surface area contributed by atoms with Gasteiger partial charge in [0, 0.05) is 6.54 Å². The Morgan fingerprint density at radius 1 is 1.35 bits per heavy atom. The first-order chi connectivity index (χ1) is 10.8. The van der Waals surface area contributed by atoms with Gasteiger partial charge in [-0.3, -0.25) is 4.79 Å². The molecule has 0 aliphatic carbocycles. The molecular weight excluding hydrogens is 316 g/mol. The Hall–Kier alpha value is -1.60. The second-order valence-corrected chi connectivity index (χ2v) is 8.33. The zero-order valence-electron chi connectivity index (χ0n) is 13.8. The topological polar surface area (TPSA) is 75.7 Å². The van der Waals surface area contributed by atoms with Crippen molar-refractivity contribution < 1.29 is 17.9 Å². The van der Waals surface area contributed by atoms with Crippen molar-refractivity contribution in [3.63, 3.8) is 0 Å². The average molecular weight is 340 g/mol. The molecule has 2 atom stereocenters. The van der Waals surface area contributed by atoms with E-state index in [0.717, 1.165) is 11.3 Å². The standard InChI is InChI=1S/C16H24N2O4S/c1-18(2)15(12-4-6-14(22-3)7-5-12)10-17-16(19)13-8-9-23(20,21)11-13/h4-7,13,15H,8-11H2,1-3H3,(H,17,19). The second kappa shape index (κ2) is 7.31. The molecule has 1 aromatic rings. The van der Waals surface area contributed by atoms with Crippen LogP contribution in [0.5, 0.6) is 5.75 Å². The first-order valence-electron chi connectivity index (χ1n) is 7.61. The van der Waals surface area contributed by atoms with Crippen LogP contribution in [0.4, 0.5) is 0 Å². The number of methoxy groups -OCH3 is 1. The van der Waals surface area contributed by atoms with Crippen LogP contribution in [0.3, 0.4) is 0 Å². The minimum atomic E-state index is -3.04. The van der Waals surface area contributed by atoms with Crippen LogP contribution in [0.1, 0.15) is 18.0 Å². The summed E-state index contributed by atoms with van der Waals surface area (Å²) in [6, 6.07) is 7.72. The van der Waals surface area contributed by atoms with Crippen LogP contribution in [-0.4, -0.2) is 58.5 Å². The molecule has 1 fully saturated rings. The smallest absolute Gasteiger partial charge is 0.224 e. The van der Waals surface area contributed by atoms with Crippen molar-refractivity contribution in [2.24, 2.45) is 5.92 Å². The van der Waals surface area contributed by atoms with Gasteiger partial charge in [0.05, 0.1) is 30.6 Å². The van der Waals surface area contributed by atoms with Crippen molar-refractivity contribution in [2.45, 2.75) is 12.5 Å². The molecule has 23 heavy (non-hydrogen) atoms. The van der Waals surface area contributed by atoms with E-state index in [4.69, 9.17) is 4.74 Å². The number of benzene rings is 1. The first-order valence-corrected chi connectivity index (χ1v) is 9.43. The molecule has 0 bridgehead atoms. The lowest BCUT2D eigenvalue weighted by atomic mass is 10.0. The molecule has 2 rings (SSSR count). The van der Waals surface area contributed by atoms with Crippen LogP contribution < -0.4 is 10.1 Å². The average Bonchev–Trinajstić information content (AvgIpc) is 2.88. The van der Waals surface area contributed by atoms with E-state index in [1.807, 2.05) is 43.3 Å². The minimum Gasteiger partial charge on any atom is -0.497 e. The van der Waals surface area contributed by atoms with Crippen LogP contribution >= 0.6 is 0 Å². The third-order valence-electron chi connectivity index (χ3n) is 4.20. The van der Waals surface area contributed by atoms with E-state index >= 15 is 0 Å². The fraction of sp³-hybridized carbons (Fsp3) is 0.562. The predicted molar refractivity (Wildman–Crippen MR) is 89.2 cm³/mol. The van der Waals surface area contributed by atoms with Gasteiger partial charge in [-0.1, -0.05) is 12.1 Å². The molecule has 7 heteroatoms. The summed E-state index contributed by atoms with van der Waals surface area (Å²) >= 11 is 0. The van der Waals surface area contributed by atoms with Gasteiger partial charge in [-0.15, -0.1) is 0 Å². The predicted octanol–water partition coefficient (Wildman–Crippen LogP) is 0.849. The number of sulfone groups is 1. The van der Waals surface area contributed by atoms with Crippen molar-refractivity contribution in [1.29, 1.82) is 0 Å². The lowest BCUT2D eigenvalue weighted by molar-refractivity contribution is -0.124. The van der Waals surface area contributed by atoms with Gasteiger partial charge in [-0.2, -0.15) is 0 Å². The van der Waals surface area contributed by atoms with Crippen LogP contribution in [0.15, 0.2) is 24.3 Å². The molecule has 1 heterocycles. The van der Waals surface area contributed by atoms with Gasteiger partial charge in [-0.05, 0) is 38.2 Å². The molecule has 1 N–H and O–H groups in total. The third-order valence-corrected chi connectivity index (χ3v) is 5.96. The monoisotopic (exact) mass is 340 g/mol. The maximum atomic E-state index is 12.2. The van der Waals surface area contributed by atoms with Crippen LogP contribution in [0, 0.1) is 5.92 Å². The Labute approximate surface area is 137 Å². The highest BCUT2D eigenvalue weighted by Crippen LogP contribution is 2.22. The Morgan fingerprint density at radius 2 is 2.00 bits per heavy atom. The van der Waals surface area contributed by atoms with Gasteiger partial charge in [0.2, 0.25) is 5.91 Å². The normalized spacial score (nSPS) is 21.1. The summed E-state index contributed by atoms with van der Waals surface area (Å²) in [5.74, 6) is 0.269. The summed E-state index contributed by atoms with van der Waals surface area (Å²) in [5.41, 5.74) is 1.06. The molecule has 0 radical (unpaired) electrons. The molecule has 1 aromatic carbocycles. The zero-order chi connectivity index (χ0) is 17.0. The third kappa shape index (κ3) is 4.68. The summed E-state index contributed by atoms with van der Waals surface area (Å²) in [4.78, 5) is 14.2. The second-order valence-electron chi connectivity index (χ2n) is 6.10. The summed E-state index contributed by atoms with van der Waals surface area (Å²) in [6.45, 7) is 0.439. The SMILES string of the molecule is COc1ccc(C(CNC(=O)C2CCS(=O)(=O)C2)N(C)C)cc1. The number of hydrogen-bond acceptors (Lipinski definition) is 5. The van der Waals surface area contributed by atoms with Crippen molar-refractivity contribution in [3.8, 4) is 5.75 Å². The largest absolute Gasteiger partial charge is 0.497 e. The number of hydrogen-bond donors (Lipinski definition) is 1. The van der Waals surface area contributed by atoms with E-state index in [1.165, 1.54) is 0 Å². The van der Waals surface area contributed by atoms with Crippen LogP contribution in [0.25, 0.3) is 0 Å². The lowest BCUT2D eigenvalue weighted by Crippen LogP contribution is -2.38. The van der Waals surface area contributed by atoms with E-state index in [0.29, 0.717) is 13.0 Å². The highest BCUT2D eigenvalue weighted by atomic mass is 32.2. The Morgan fingerprint density at radius 3 is 2.48 bits per heavy atom. The summed E-state index contributed by atoms with van der Waals surface area (Å²) in [6.07, 6.45) is 0.420. The first kappa shape index (κ1) is 17.7. The van der Waals surface area contributed by atoms with E-state index in [1.54, 1.807) is 7.11 Å². The molecule has 1 aliphatic rings. The fourth-order valence-electron chi connectivity index (χ4n) is 2.77. The quantitative estimate of drug-likeness (QED) is 0.831. The lowest BCUT2D eigenvalue weighted by Gasteiger charge is -2.25. The number of carbonyl (C=O) groups excluding carboxylic acids is 1. The zero-order valence-corrected chi connectivity index (χ0v) is 14.6. The van der Waals surface area contributed by atoms with Gasteiger partial charge in [0.15, 0.2) is 9.84 Å². The molecular formula is C16H24N2O4S. The number of rotatable bonds is 6. The van der Waals surface area contributed by atoms with E-state index in [9.17, 15) is 13.2 Å². The molecule has 128 valence electrons. The van der Waals surface area contributed by atoms with Crippen LogP contribution in [0.2, 0.25) is 0 Å². The number of nitrogens with zero attached hydrogens (tertiary/aromatic N) is 1. The van der Waals surface area contributed by atoms with E-state index in [-0.39, 0.29) is 23.5 Å². The number of ether oxygens (including phenoxy) is 1. The number of likely N-dealkylation sites (N-methyl/N-ethyl adjacent to an activating group) is 1. The molecule has 1 saturated heterocycles. The van der Waals surface area contributed by atoms with Gasteiger partial charge in [-0.25, -0.2) is 8.42 Å². The highest BCUT2D eigenvalue weighted by molar-refractivity contribution is 7.91. The van der Waals surface area contributed by atoms with Gasteiger partial charge in [0.25, 0.3) is 0 Å². The Bertz CT molecular complexity index is 641. The molecule has 0 spiro atoms. The summed E-state index contributed by atoms with van der Waals surface area (Å²) < 4.78 is 28.1. The van der Waals surface area contributed by atoms with E-state index < -0.39 is 15.8 Å². The summed E-state index contributed by atoms with van der Waals surface area (Å²) in [7, 11) is 2.47. The molecule has 0 aromatic heterocycles. The maximum Gasteiger partial charge on any atom is 0.224 e. The molecule has 2 unspecified atom stereocenters. The number of nitrogens with one attached hydrogen (secondary N) is 1. The van der Waals surface area contributed by atoms with Crippen molar-refractivity contribution in [3.05, 3.63) is 29.8 Å². The van der Waals surface area contributed by atoms with E-state index in [2.05, 4.69) is 5.32 Å². The van der Waals surface area contributed by atoms with Crippen LogP contribution in [-0.2, 0) is 14.6 Å². The number of amides is 1. The number of carbonyl (C=O) groups is 1. The Balaban J connectivity index is 1.98. The highest BCUT2D eigenvalue weighted by Gasteiger charge is 2.33. The van der Waals surface area contributed by atoms with Crippen molar-refractivity contribution >= 4 is 15.7 Å². The maximum absolute atomic E-state index is 12.2. The van der Waals surface area contributed by atoms with Gasteiger partial charge < -0.3 is 15.0 Å². The Kier molecular flexibility index (Phi) is 5.64. The van der Waals surface area contributed by atoms with Gasteiger partial charge in [0.1, 0.15) is 5.75 Å². The minimum absolute atomic E-state index is 0.0165. The van der Waals surface area contributed by atoms with Crippen molar-refractivity contribution in [2.75, 3.05) is 39.3 Å². The summed E-state index contributed by atoms with van der Waals surface area (Å²) in [5, 5.41) is 2.89.